The fourth-order valence-corrected chi connectivity index (χ4v) is 2.60. The van der Waals surface area contributed by atoms with Crippen molar-refractivity contribution in [3.63, 3.8) is 0 Å². The van der Waals surface area contributed by atoms with Crippen LogP contribution in [0.15, 0.2) is 0 Å². The van der Waals surface area contributed by atoms with Gasteiger partial charge in [0.1, 0.15) is 0 Å². The molecule has 0 bridgehead atoms. The maximum atomic E-state index is 12.4. The Hall–Kier alpha value is -0.690. The minimum absolute atomic E-state index is 0.0505. The second kappa shape index (κ2) is 8.47. The number of rotatable bonds is 1. The third-order valence-corrected chi connectivity index (χ3v) is 3.74. The second-order valence-electron chi connectivity index (χ2n) is 5.22. The molecule has 0 unspecified atom stereocenters. The number of carbonyl (C=O) groups is 1. The molecule has 0 saturated carbocycles. The third kappa shape index (κ3) is 5.06. The van der Waals surface area contributed by atoms with Crippen molar-refractivity contribution in [1.29, 1.82) is 0 Å². The number of hydrogen-bond acceptors (Lipinski definition) is 5. The molecule has 2 rings (SSSR count). The Morgan fingerprint density at radius 1 is 0.842 bits per heavy atom. The molecule has 0 aromatic heterocycles. The average molecular weight is 269 g/mol. The van der Waals surface area contributed by atoms with Gasteiger partial charge in [-0.1, -0.05) is 0 Å². The van der Waals surface area contributed by atoms with E-state index in [0.29, 0.717) is 0 Å². The molecule has 1 amide bonds. The molecule has 0 aliphatic carbocycles. The number of hydrogen-bond donors (Lipinski definition) is 4. The molecule has 2 aliphatic rings. The normalized spacial score (nSPS) is 27.6. The van der Waals surface area contributed by atoms with Crippen molar-refractivity contribution in [2.75, 3.05) is 58.9 Å². The summed E-state index contributed by atoms with van der Waals surface area (Å²) in [4.78, 5) is 14.4. The smallest absolute Gasteiger partial charge is 0.239 e. The summed E-state index contributed by atoms with van der Waals surface area (Å²) >= 11 is 0. The van der Waals surface area contributed by atoms with Gasteiger partial charge in [0.2, 0.25) is 5.91 Å². The SMILES string of the molecule is O=C([C@@H]1CCCN1)N1CCNCCNCCNCC1. The van der Waals surface area contributed by atoms with Crippen LogP contribution in [0.3, 0.4) is 0 Å². The van der Waals surface area contributed by atoms with Crippen LogP contribution in [0.4, 0.5) is 0 Å². The van der Waals surface area contributed by atoms with Crippen molar-refractivity contribution in [3.05, 3.63) is 0 Å². The molecule has 19 heavy (non-hydrogen) atoms. The quantitative estimate of drug-likeness (QED) is 0.459. The molecule has 0 spiro atoms. The van der Waals surface area contributed by atoms with Gasteiger partial charge in [0, 0.05) is 52.4 Å². The lowest BCUT2D eigenvalue weighted by molar-refractivity contribution is -0.133. The Kier molecular flexibility index (Phi) is 6.56. The summed E-state index contributed by atoms with van der Waals surface area (Å²) in [5.41, 5.74) is 0. The lowest BCUT2D eigenvalue weighted by atomic mass is 10.2. The maximum absolute atomic E-state index is 12.4. The van der Waals surface area contributed by atoms with Crippen LogP contribution in [-0.2, 0) is 4.79 Å². The van der Waals surface area contributed by atoms with E-state index in [0.717, 1.165) is 71.7 Å². The van der Waals surface area contributed by atoms with Crippen molar-refractivity contribution in [1.82, 2.24) is 26.2 Å². The van der Waals surface area contributed by atoms with Crippen molar-refractivity contribution < 1.29 is 4.79 Å². The minimum atomic E-state index is 0.0505. The van der Waals surface area contributed by atoms with Gasteiger partial charge < -0.3 is 26.2 Å². The van der Waals surface area contributed by atoms with Crippen molar-refractivity contribution in [2.24, 2.45) is 0 Å². The van der Waals surface area contributed by atoms with Crippen LogP contribution in [0, 0.1) is 0 Å². The molecule has 4 N–H and O–H groups in total. The first-order valence-electron chi connectivity index (χ1n) is 7.52. The highest BCUT2D eigenvalue weighted by molar-refractivity contribution is 5.82. The van der Waals surface area contributed by atoms with Crippen LogP contribution in [0.1, 0.15) is 12.8 Å². The van der Waals surface area contributed by atoms with Gasteiger partial charge in [-0.15, -0.1) is 0 Å². The zero-order chi connectivity index (χ0) is 13.3. The molecule has 0 aromatic rings. The summed E-state index contributed by atoms with van der Waals surface area (Å²) in [6.45, 7) is 8.23. The Morgan fingerprint density at radius 3 is 1.95 bits per heavy atom. The number of amides is 1. The summed E-state index contributed by atoms with van der Waals surface area (Å²) in [6.07, 6.45) is 2.10. The van der Waals surface area contributed by atoms with Crippen LogP contribution in [-0.4, -0.2) is 75.8 Å². The zero-order valence-corrected chi connectivity index (χ0v) is 11.7. The number of carbonyl (C=O) groups excluding carboxylic acids is 1. The van der Waals surface area contributed by atoms with E-state index >= 15 is 0 Å². The highest BCUT2D eigenvalue weighted by Crippen LogP contribution is 2.08. The Balaban J connectivity index is 1.81. The van der Waals surface area contributed by atoms with E-state index in [-0.39, 0.29) is 11.9 Å². The van der Waals surface area contributed by atoms with E-state index in [1.54, 1.807) is 0 Å². The minimum Gasteiger partial charge on any atom is -0.339 e. The van der Waals surface area contributed by atoms with E-state index in [1.165, 1.54) is 0 Å². The predicted octanol–water partition coefficient (Wildman–Crippen LogP) is -1.65. The van der Waals surface area contributed by atoms with Gasteiger partial charge in [0.15, 0.2) is 0 Å². The fourth-order valence-electron chi connectivity index (χ4n) is 2.60. The Morgan fingerprint density at radius 2 is 1.42 bits per heavy atom. The molecule has 6 heteroatoms. The highest BCUT2D eigenvalue weighted by atomic mass is 16.2. The standard InChI is InChI=1S/C13H27N5O/c19-13(12-2-1-3-17-12)18-10-8-15-6-4-14-5-7-16-9-11-18/h12,14-17H,1-11H2/t12-/m0/s1. The number of nitrogens with one attached hydrogen (secondary N) is 4. The summed E-state index contributed by atoms with van der Waals surface area (Å²) in [5, 5.41) is 13.4. The molecule has 110 valence electrons. The lowest BCUT2D eigenvalue weighted by Gasteiger charge is -2.26. The van der Waals surface area contributed by atoms with Crippen LogP contribution in [0.5, 0.6) is 0 Å². The van der Waals surface area contributed by atoms with Gasteiger partial charge in [0.05, 0.1) is 6.04 Å². The van der Waals surface area contributed by atoms with Crippen LogP contribution in [0.25, 0.3) is 0 Å². The van der Waals surface area contributed by atoms with Crippen LogP contribution in [0.2, 0.25) is 0 Å². The van der Waals surface area contributed by atoms with E-state index < -0.39 is 0 Å². The van der Waals surface area contributed by atoms with Gasteiger partial charge >= 0.3 is 0 Å². The largest absolute Gasteiger partial charge is 0.339 e. The van der Waals surface area contributed by atoms with E-state index in [2.05, 4.69) is 21.3 Å². The van der Waals surface area contributed by atoms with Crippen molar-refractivity contribution in [3.8, 4) is 0 Å². The summed E-state index contributed by atoms with van der Waals surface area (Å²) < 4.78 is 0. The molecule has 2 heterocycles. The first-order valence-corrected chi connectivity index (χ1v) is 7.52. The second-order valence-corrected chi connectivity index (χ2v) is 5.22. The maximum Gasteiger partial charge on any atom is 0.239 e. The summed E-state index contributed by atoms with van der Waals surface area (Å²) in [7, 11) is 0. The van der Waals surface area contributed by atoms with Crippen LogP contribution < -0.4 is 21.3 Å². The molecule has 2 saturated heterocycles. The van der Waals surface area contributed by atoms with Crippen molar-refractivity contribution in [2.45, 2.75) is 18.9 Å². The van der Waals surface area contributed by atoms with Gasteiger partial charge in [-0.05, 0) is 19.4 Å². The van der Waals surface area contributed by atoms with Gasteiger partial charge in [-0.25, -0.2) is 0 Å². The Labute approximate surface area is 115 Å². The van der Waals surface area contributed by atoms with E-state index in [9.17, 15) is 4.79 Å². The summed E-state index contributed by atoms with van der Waals surface area (Å²) in [5.74, 6) is 0.274. The van der Waals surface area contributed by atoms with Crippen molar-refractivity contribution >= 4 is 5.91 Å². The molecule has 6 nitrogen and oxygen atoms in total. The topological polar surface area (TPSA) is 68.4 Å². The molecule has 1 atom stereocenters. The van der Waals surface area contributed by atoms with Gasteiger partial charge in [0.25, 0.3) is 0 Å². The first kappa shape index (κ1) is 14.7. The van der Waals surface area contributed by atoms with Crippen LogP contribution >= 0.6 is 0 Å². The molecular formula is C13H27N5O. The zero-order valence-electron chi connectivity index (χ0n) is 11.7. The van der Waals surface area contributed by atoms with Gasteiger partial charge in [-0.3, -0.25) is 4.79 Å². The monoisotopic (exact) mass is 269 g/mol. The Bertz CT molecular complexity index is 256. The fraction of sp³-hybridized carbons (Fsp3) is 0.923. The molecule has 2 aliphatic heterocycles. The molecule has 0 radical (unpaired) electrons. The number of nitrogens with zero attached hydrogens (tertiary/aromatic N) is 1. The lowest BCUT2D eigenvalue weighted by Crippen LogP contribution is -2.49. The molecule has 0 aromatic carbocycles. The first-order chi connectivity index (χ1) is 9.38. The highest BCUT2D eigenvalue weighted by Gasteiger charge is 2.26. The van der Waals surface area contributed by atoms with Gasteiger partial charge in [-0.2, -0.15) is 0 Å². The van der Waals surface area contributed by atoms with E-state index in [4.69, 9.17) is 0 Å². The predicted molar refractivity (Wildman–Crippen MR) is 76.2 cm³/mol. The average Bonchev–Trinajstić information content (AvgIpc) is 2.92. The third-order valence-electron chi connectivity index (χ3n) is 3.74. The molecule has 2 fully saturated rings. The van der Waals surface area contributed by atoms with E-state index in [1.807, 2.05) is 4.90 Å². The summed E-state index contributed by atoms with van der Waals surface area (Å²) in [6, 6.07) is 0.0505. The molecular weight excluding hydrogens is 242 g/mol.